The van der Waals surface area contributed by atoms with E-state index in [1.807, 2.05) is 0 Å². The third-order valence-corrected chi connectivity index (χ3v) is 10.7. The van der Waals surface area contributed by atoms with Gasteiger partial charge in [0.15, 0.2) is 19.8 Å². The standard InChI is InChI=1S/C24H36N2O6Si/c1-9-10-31-23(29)25-19-13-20(27)21(30-6)12-18(19)22(28)26-14-16(2)11-17(26)15-32-33(7,8)24(3,4)5/h9,12-13,17,27H,1-2,10-11,14-15H2,3-8H3,(H,25,29)/t17-/m0/s1. The van der Waals surface area contributed by atoms with Crippen LogP contribution >= 0.6 is 0 Å². The summed E-state index contributed by atoms with van der Waals surface area (Å²) >= 11 is 0. The van der Waals surface area contributed by atoms with E-state index in [4.69, 9.17) is 13.9 Å². The van der Waals surface area contributed by atoms with Crippen molar-refractivity contribution in [2.45, 2.75) is 51.4 Å². The van der Waals surface area contributed by atoms with Crippen LogP contribution in [0, 0.1) is 0 Å². The van der Waals surface area contributed by atoms with Crippen LogP contribution in [-0.4, -0.2) is 63.2 Å². The van der Waals surface area contributed by atoms with Gasteiger partial charge in [-0.05, 0) is 30.6 Å². The Morgan fingerprint density at radius 1 is 1.33 bits per heavy atom. The summed E-state index contributed by atoms with van der Waals surface area (Å²) in [6.45, 7) is 19.2. The lowest BCUT2D eigenvalue weighted by atomic mass is 10.1. The molecule has 1 saturated heterocycles. The van der Waals surface area contributed by atoms with Crippen molar-refractivity contribution in [3.63, 3.8) is 0 Å². The van der Waals surface area contributed by atoms with Gasteiger partial charge in [-0.3, -0.25) is 10.1 Å². The van der Waals surface area contributed by atoms with Crippen molar-refractivity contribution in [2.24, 2.45) is 0 Å². The highest BCUT2D eigenvalue weighted by molar-refractivity contribution is 6.74. The molecule has 8 nitrogen and oxygen atoms in total. The number of methoxy groups -OCH3 is 1. The maximum absolute atomic E-state index is 13.6. The van der Waals surface area contributed by atoms with Gasteiger partial charge in [0, 0.05) is 12.6 Å². The lowest BCUT2D eigenvalue weighted by Crippen LogP contribution is -2.46. The molecule has 1 aromatic carbocycles. The predicted molar refractivity (Wildman–Crippen MR) is 132 cm³/mol. The van der Waals surface area contributed by atoms with Gasteiger partial charge < -0.3 is 23.9 Å². The maximum Gasteiger partial charge on any atom is 0.411 e. The SMILES string of the molecule is C=CCOC(=O)Nc1cc(O)c(OC)cc1C(=O)N1CC(=C)C[C@H]1CO[Si](C)(C)C(C)(C)C. The Morgan fingerprint density at radius 3 is 2.58 bits per heavy atom. The smallest absolute Gasteiger partial charge is 0.411 e. The number of aromatic hydroxyl groups is 1. The number of ether oxygens (including phenoxy) is 2. The molecule has 1 fully saturated rings. The summed E-state index contributed by atoms with van der Waals surface area (Å²) in [5, 5.41) is 12.8. The molecule has 1 aliphatic rings. The third kappa shape index (κ3) is 6.39. The predicted octanol–water partition coefficient (Wildman–Crippen LogP) is 4.93. The zero-order chi connectivity index (χ0) is 25.0. The van der Waals surface area contributed by atoms with Crippen LogP contribution in [-0.2, 0) is 9.16 Å². The Labute approximate surface area is 197 Å². The summed E-state index contributed by atoms with van der Waals surface area (Å²) in [5.74, 6) is -0.415. The monoisotopic (exact) mass is 476 g/mol. The van der Waals surface area contributed by atoms with Crippen molar-refractivity contribution in [2.75, 3.05) is 32.2 Å². The number of nitrogens with one attached hydrogen (secondary N) is 1. The zero-order valence-electron chi connectivity index (χ0n) is 20.5. The second-order valence-electron chi connectivity index (χ2n) is 9.69. The first-order valence-electron chi connectivity index (χ1n) is 10.9. The van der Waals surface area contributed by atoms with Gasteiger partial charge >= 0.3 is 6.09 Å². The van der Waals surface area contributed by atoms with Crippen molar-refractivity contribution in [3.8, 4) is 11.5 Å². The molecule has 0 aromatic heterocycles. The van der Waals surface area contributed by atoms with Gasteiger partial charge in [-0.1, -0.05) is 45.6 Å². The fourth-order valence-corrected chi connectivity index (χ4v) is 4.28. The van der Waals surface area contributed by atoms with Gasteiger partial charge in [-0.2, -0.15) is 0 Å². The molecule has 2 amide bonds. The zero-order valence-corrected chi connectivity index (χ0v) is 21.5. The number of hydrogen-bond acceptors (Lipinski definition) is 6. The number of phenolic OH excluding ortho intramolecular Hbond substituents is 1. The minimum absolute atomic E-state index is 0.00998. The van der Waals surface area contributed by atoms with Gasteiger partial charge in [0.25, 0.3) is 5.91 Å². The fraction of sp³-hybridized carbons (Fsp3) is 0.500. The molecule has 182 valence electrons. The number of hydrogen-bond donors (Lipinski definition) is 2. The molecule has 1 aromatic rings. The molecule has 1 heterocycles. The largest absolute Gasteiger partial charge is 0.504 e. The molecule has 2 N–H and O–H groups in total. The summed E-state index contributed by atoms with van der Waals surface area (Å²) < 4.78 is 16.5. The van der Waals surface area contributed by atoms with Crippen molar-refractivity contribution >= 4 is 26.0 Å². The number of carbonyl (C=O) groups is 2. The van der Waals surface area contributed by atoms with Gasteiger partial charge in [-0.15, -0.1) is 0 Å². The molecule has 0 saturated carbocycles. The van der Waals surface area contributed by atoms with E-state index in [1.165, 1.54) is 25.3 Å². The van der Waals surface area contributed by atoms with Crippen LogP contribution in [0.2, 0.25) is 18.1 Å². The highest BCUT2D eigenvalue weighted by Gasteiger charge is 2.40. The van der Waals surface area contributed by atoms with E-state index >= 15 is 0 Å². The van der Waals surface area contributed by atoms with E-state index in [0.717, 1.165) is 5.57 Å². The minimum atomic E-state index is -2.01. The molecular formula is C24H36N2O6Si. The van der Waals surface area contributed by atoms with E-state index in [1.54, 1.807) is 4.90 Å². The quantitative estimate of drug-likeness (QED) is 0.408. The summed E-state index contributed by atoms with van der Waals surface area (Å²) in [6.07, 6.45) is 1.30. The second-order valence-corrected chi connectivity index (χ2v) is 14.5. The molecule has 2 rings (SSSR count). The van der Waals surface area contributed by atoms with E-state index in [2.05, 4.69) is 52.3 Å². The third-order valence-electron chi connectivity index (χ3n) is 6.18. The Kier molecular flexibility index (Phi) is 8.37. The highest BCUT2D eigenvalue weighted by atomic mass is 28.4. The van der Waals surface area contributed by atoms with Crippen molar-refractivity contribution in [1.29, 1.82) is 0 Å². The van der Waals surface area contributed by atoms with Crippen LogP contribution in [0.5, 0.6) is 11.5 Å². The van der Waals surface area contributed by atoms with E-state index in [0.29, 0.717) is 19.6 Å². The number of carbonyl (C=O) groups excluding carboxylic acids is 2. The molecule has 33 heavy (non-hydrogen) atoms. The molecule has 0 radical (unpaired) electrons. The average Bonchev–Trinajstić information content (AvgIpc) is 3.10. The molecule has 0 aliphatic carbocycles. The molecule has 1 aliphatic heterocycles. The number of anilines is 1. The molecule has 0 bridgehead atoms. The van der Waals surface area contributed by atoms with Crippen LogP contribution < -0.4 is 10.1 Å². The Hall–Kier alpha value is -2.78. The Balaban J connectivity index is 2.33. The summed E-state index contributed by atoms with van der Waals surface area (Å²) in [4.78, 5) is 27.4. The van der Waals surface area contributed by atoms with Gasteiger partial charge in [-0.25, -0.2) is 4.79 Å². The summed E-state index contributed by atoms with van der Waals surface area (Å²) in [6, 6.07) is 2.50. The van der Waals surface area contributed by atoms with Crippen LogP contribution in [0.3, 0.4) is 0 Å². The van der Waals surface area contributed by atoms with Crippen LogP contribution in [0.1, 0.15) is 37.6 Å². The van der Waals surface area contributed by atoms with E-state index < -0.39 is 14.4 Å². The number of rotatable bonds is 8. The summed E-state index contributed by atoms with van der Waals surface area (Å²) in [7, 11) is -0.617. The molecule has 9 heteroatoms. The van der Waals surface area contributed by atoms with Crippen molar-refractivity contribution in [3.05, 3.63) is 42.5 Å². The van der Waals surface area contributed by atoms with E-state index in [-0.39, 0.29) is 46.3 Å². The van der Waals surface area contributed by atoms with Crippen LogP contribution in [0.15, 0.2) is 36.9 Å². The lowest BCUT2D eigenvalue weighted by molar-refractivity contribution is 0.0686. The number of likely N-dealkylation sites (tertiary alicyclic amines) is 1. The van der Waals surface area contributed by atoms with Gasteiger partial charge in [0.05, 0.1) is 31.0 Å². The minimum Gasteiger partial charge on any atom is -0.504 e. The topological polar surface area (TPSA) is 97.3 Å². The number of amides is 2. The molecule has 0 spiro atoms. The van der Waals surface area contributed by atoms with Gasteiger partial charge in [0.2, 0.25) is 0 Å². The van der Waals surface area contributed by atoms with Crippen LogP contribution in [0.25, 0.3) is 0 Å². The fourth-order valence-electron chi connectivity index (χ4n) is 3.23. The molecule has 0 unspecified atom stereocenters. The number of nitrogens with zero attached hydrogens (tertiary/aromatic N) is 1. The number of phenols is 1. The average molecular weight is 477 g/mol. The van der Waals surface area contributed by atoms with Crippen LogP contribution in [0.4, 0.5) is 10.5 Å². The maximum atomic E-state index is 13.6. The normalized spacial score (nSPS) is 16.5. The first kappa shape index (κ1) is 26.5. The summed E-state index contributed by atoms with van der Waals surface area (Å²) in [5.41, 5.74) is 1.22. The second kappa shape index (κ2) is 10.4. The lowest BCUT2D eigenvalue weighted by Gasteiger charge is -2.38. The first-order valence-corrected chi connectivity index (χ1v) is 13.8. The first-order chi connectivity index (χ1) is 15.3. The molecular weight excluding hydrogens is 440 g/mol. The number of benzene rings is 1. The molecule has 1 atom stereocenters. The highest BCUT2D eigenvalue weighted by Crippen LogP contribution is 2.38. The van der Waals surface area contributed by atoms with E-state index in [9.17, 15) is 14.7 Å². The Bertz CT molecular complexity index is 922. The van der Waals surface area contributed by atoms with Crippen molar-refractivity contribution < 1.29 is 28.6 Å². The van der Waals surface area contributed by atoms with Crippen molar-refractivity contribution in [1.82, 2.24) is 4.90 Å². The Morgan fingerprint density at radius 2 is 2.00 bits per heavy atom. The van der Waals surface area contributed by atoms with Gasteiger partial charge in [0.1, 0.15) is 6.61 Å².